The van der Waals surface area contributed by atoms with Crippen LogP contribution in [0, 0.1) is 5.92 Å². The molecule has 0 aromatic heterocycles. The molecule has 5 nitrogen and oxygen atoms in total. The average Bonchev–Trinajstić information content (AvgIpc) is 3.42. The molecule has 0 spiro atoms. The molecule has 1 aromatic rings. The molecule has 118 valence electrons. The van der Waals surface area contributed by atoms with Crippen molar-refractivity contribution in [3.63, 3.8) is 0 Å². The van der Waals surface area contributed by atoms with E-state index in [-0.39, 0.29) is 36.1 Å². The highest BCUT2D eigenvalue weighted by atomic mass is 16.6. The van der Waals surface area contributed by atoms with Crippen LogP contribution in [0.2, 0.25) is 0 Å². The Morgan fingerprint density at radius 3 is 3.00 bits per heavy atom. The van der Waals surface area contributed by atoms with Gasteiger partial charge in [-0.2, -0.15) is 0 Å². The molecule has 0 radical (unpaired) electrons. The summed E-state index contributed by atoms with van der Waals surface area (Å²) in [5.41, 5.74) is 2.16. The molecule has 1 saturated heterocycles. The molecule has 2 heterocycles. The predicted molar refractivity (Wildman–Crippen MR) is 77.8 cm³/mol. The number of hydrogen-bond acceptors (Lipinski definition) is 5. The van der Waals surface area contributed by atoms with E-state index in [9.17, 15) is 4.79 Å². The second kappa shape index (κ2) is 5.25. The Labute approximate surface area is 129 Å². The van der Waals surface area contributed by atoms with Gasteiger partial charge in [0.2, 0.25) is 0 Å². The number of carbonyl (C=O) groups is 1. The number of para-hydroxylation sites is 1. The molecule has 1 aromatic carbocycles. The highest BCUT2D eigenvalue weighted by Crippen LogP contribution is 2.60. The number of epoxide rings is 1. The molecule has 3 aliphatic rings. The summed E-state index contributed by atoms with van der Waals surface area (Å²) >= 11 is 0. The predicted octanol–water partition coefficient (Wildman–Crippen LogP) is 2.20. The van der Waals surface area contributed by atoms with Crippen LogP contribution in [-0.4, -0.2) is 38.0 Å². The van der Waals surface area contributed by atoms with Crippen molar-refractivity contribution in [3.8, 4) is 5.75 Å². The minimum Gasteiger partial charge on any atom is -0.488 e. The number of esters is 1. The quantitative estimate of drug-likeness (QED) is 0.595. The van der Waals surface area contributed by atoms with Crippen molar-refractivity contribution in [2.45, 2.75) is 38.1 Å². The van der Waals surface area contributed by atoms with Crippen LogP contribution >= 0.6 is 0 Å². The summed E-state index contributed by atoms with van der Waals surface area (Å²) in [6, 6.07) is 6.08. The van der Waals surface area contributed by atoms with Crippen molar-refractivity contribution in [1.29, 1.82) is 0 Å². The van der Waals surface area contributed by atoms with Gasteiger partial charge in [-0.25, -0.2) is 0 Å². The van der Waals surface area contributed by atoms with Crippen molar-refractivity contribution in [3.05, 3.63) is 29.3 Å². The smallest absolute Gasteiger partial charge is 0.313 e. The molecule has 1 aliphatic carbocycles. The number of benzene rings is 1. The minimum atomic E-state index is -0.149. The topological polar surface area (TPSA) is 57.3 Å². The Kier molecular flexibility index (Phi) is 3.35. The van der Waals surface area contributed by atoms with E-state index in [4.69, 9.17) is 18.9 Å². The van der Waals surface area contributed by atoms with Crippen LogP contribution in [0.1, 0.15) is 37.0 Å². The molecule has 0 bridgehead atoms. The number of hydrogen-bond donors (Lipinski definition) is 0. The van der Waals surface area contributed by atoms with Crippen LogP contribution in [-0.2, 0) is 19.0 Å². The standard InChI is InChI=1S/C17H20O5/c1-3-19-17(18)14-13-12-6-4-5-11(15(12)22-16(13)14)9(2)20-7-10-8-21-10/h4-6,9-10,13-14,16H,3,7-8H2,1-2H3/t9-,10+,13-,14-,16-/m1/s1. The lowest BCUT2D eigenvalue weighted by Crippen LogP contribution is -2.14. The summed E-state index contributed by atoms with van der Waals surface area (Å²) in [6.45, 7) is 5.67. The highest BCUT2D eigenvalue weighted by molar-refractivity contribution is 5.81. The van der Waals surface area contributed by atoms with Crippen LogP contribution in [0.5, 0.6) is 5.75 Å². The van der Waals surface area contributed by atoms with Crippen molar-refractivity contribution in [1.82, 2.24) is 0 Å². The summed E-state index contributed by atoms with van der Waals surface area (Å²) in [7, 11) is 0. The van der Waals surface area contributed by atoms with Gasteiger partial charge in [0.05, 0.1) is 25.9 Å². The van der Waals surface area contributed by atoms with Gasteiger partial charge in [0.15, 0.2) is 0 Å². The van der Waals surface area contributed by atoms with Gasteiger partial charge >= 0.3 is 5.97 Å². The lowest BCUT2D eigenvalue weighted by atomic mass is 10.0. The Morgan fingerprint density at radius 2 is 2.27 bits per heavy atom. The zero-order valence-electron chi connectivity index (χ0n) is 12.8. The Bertz CT molecular complexity index is 595. The van der Waals surface area contributed by atoms with Gasteiger partial charge in [0, 0.05) is 17.0 Å². The second-order valence-corrected chi connectivity index (χ2v) is 6.08. The maximum atomic E-state index is 11.9. The van der Waals surface area contributed by atoms with Gasteiger partial charge in [0.1, 0.15) is 23.9 Å². The van der Waals surface area contributed by atoms with Crippen LogP contribution < -0.4 is 4.74 Å². The first-order valence-electron chi connectivity index (χ1n) is 7.90. The zero-order chi connectivity index (χ0) is 15.3. The van der Waals surface area contributed by atoms with E-state index < -0.39 is 0 Å². The molecule has 5 atom stereocenters. The monoisotopic (exact) mass is 304 g/mol. The first-order valence-corrected chi connectivity index (χ1v) is 7.90. The summed E-state index contributed by atoms with van der Waals surface area (Å²) in [6.07, 6.45) is 0.147. The number of ether oxygens (including phenoxy) is 4. The van der Waals surface area contributed by atoms with Crippen LogP contribution in [0.25, 0.3) is 0 Å². The van der Waals surface area contributed by atoms with Crippen molar-refractivity contribution in [2.24, 2.45) is 5.92 Å². The second-order valence-electron chi connectivity index (χ2n) is 6.08. The van der Waals surface area contributed by atoms with E-state index in [0.717, 1.165) is 23.5 Å². The van der Waals surface area contributed by atoms with E-state index in [1.807, 2.05) is 32.0 Å². The Morgan fingerprint density at radius 1 is 1.45 bits per heavy atom. The van der Waals surface area contributed by atoms with E-state index in [1.54, 1.807) is 0 Å². The highest BCUT2D eigenvalue weighted by Gasteiger charge is 2.63. The molecule has 22 heavy (non-hydrogen) atoms. The van der Waals surface area contributed by atoms with E-state index >= 15 is 0 Å². The molecule has 1 saturated carbocycles. The fourth-order valence-electron chi connectivity index (χ4n) is 3.25. The zero-order valence-corrected chi connectivity index (χ0v) is 12.8. The van der Waals surface area contributed by atoms with Crippen molar-refractivity contribution in [2.75, 3.05) is 19.8 Å². The number of rotatable bonds is 6. The van der Waals surface area contributed by atoms with Crippen LogP contribution in [0.15, 0.2) is 18.2 Å². The first-order chi connectivity index (χ1) is 10.7. The molecule has 2 aliphatic heterocycles. The lowest BCUT2D eigenvalue weighted by Gasteiger charge is -2.18. The van der Waals surface area contributed by atoms with Gasteiger partial charge in [-0.05, 0) is 13.8 Å². The normalized spacial score (nSPS) is 31.7. The third-order valence-corrected chi connectivity index (χ3v) is 4.57. The summed E-state index contributed by atoms with van der Waals surface area (Å²) in [5, 5.41) is 0. The van der Waals surface area contributed by atoms with Crippen LogP contribution in [0.3, 0.4) is 0 Å². The summed E-state index contributed by atoms with van der Waals surface area (Å²) < 4.78 is 22.1. The van der Waals surface area contributed by atoms with Gasteiger partial charge < -0.3 is 18.9 Å². The van der Waals surface area contributed by atoms with Crippen LogP contribution in [0.4, 0.5) is 0 Å². The fourth-order valence-corrected chi connectivity index (χ4v) is 3.25. The van der Waals surface area contributed by atoms with Crippen molar-refractivity contribution >= 4 is 5.97 Å². The average molecular weight is 304 g/mol. The Hall–Kier alpha value is -1.59. The molecule has 0 unspecified atom stereocenters. The molecular weight excluding hydrogens is 284 g/mol. The first kappa shape index (κ1) is 14.0. The SMILES string of the molecule is CCOC(=O)[C@H]1[C@@H]2Oc3c(cccc3[C@@H](C)OC[C@H]3CO3)[C@@H]21. The lowest BCUT2D eigenvalue weighted by molar-refractivity contribution is -0.145. The third-order valence-electron chi connectivity index (χ3n) is 4.57. The molecule has 5 heteroatoms. The van der Waals surface area contributed by atoms with E-state index in [1.165, 1.54) is 0 Å². The number of carbonyl (C=O) groups excluding carboxylic acids is 1. The molecule has 2 fully saturated rings. The fraction of sp³-hybridized carbons (Fsp3) is 0.588. The van der Waals surface area contributed by atoms with Gasteiger partial charge in [-0.3, -0.25) is 4.79 Å². The van der Waals surface area contributed by atoms with E-state index in [0.29, 0.717) is 13.2 Å². The minimum absolute atomic E-state index is 0.0438. The summed E-state index contributed by atoms with van der Waals surface area (Å²) in [4.78, 5) is 11.9. The summed E-state index contributed by atoms with van der Waals surface area (Å²) in [5.74, 6) is 0.748. The maximum Gasteiger partial charge on any atom is 0.313 e. The third kappa shape index (κ3) is 2.29. The molecule has 0 N–H and O–H groups in total. The molecular formula is C17H20O5. The molecule has 0 amide bonds. The van der Waals surface area contributed by atoms with Crippen molar-refractivity contribution < 1.29 is 23.7 Å². The van der Waals surface area contributed by atoms with E-state index in [2.05, 4.69) is 0 Å². The van der Waals surface area contributed by atoms with Gasteiger partial charge in [-0.15, -0.1) is 0 Å². The maximum absolute atomic E-state index is 11.9. The molecule has 4 rings (SSSR count). The Balaban J connectivity index is 1.49. The van der Waals surface area contributed by atoms with Gasteiger partial charge in [-0.1, -0.05) is 18.2 Å². The van der Waals surface area contributed by atoms with Gasteiger partial charge in [0.25, 0.3) is 0 Å². The largest absolute Gasteiger partial charge is 0.488 e. The number of fused-ring (bicyclic) bond motifs is 3.